The minimum atomic E-state index is -0.139. The molecule has 0 spiro atoms. The van der Waals surface area contributed by atoms with E-state index in [4.69, 9.17) is 0 Å². The van der Waals surface area contributed by atoms with Gasteiger partial charge >= 0.3 is 0 Å². The molecule has 0 unspecified atom stereocenters. The molecule has 2 N–H and O–H groups in total. The fraction of sp³-hybridized carbons (Fsp3) is 0.933. The summed E-state index contributed by atoms with van der Waals surface area (Å²) in [5.74, 6) is 0.149. The molecule has 0 saturated carbocycles. The number of nitrogens with zero attached hydrogens (tertiary/aromatic N) is 1. The van der Waals surface area contributed by atoms with Crippen molar-refractivity contribution in [3.05, 3.63) is 0 Å². The smallest absolute Gasteiger partial charge is 0.234 e. The summed E-state index contributed by atoms with van der Waals surface area (Å²) < 4.78 is 0. The molecule has 0 aliphatic carbocycles. The van der Waals surface area contributed by atoms with Crippen LogP contribution < -0.4 is 10.6 Å². The third-order valence-corrected chi connectivity index (χ3v) is 3.25. The van der Waals surface area contributed by atoms with Gasteiger partial charge < -0.3 is 10.6 Å². The Hall–Kier alpha value is -0.610. The molecule has 1 rings (SSSR count). The second-order valence-electron chi connectivity index (χ2n) is 7.55. The Morgan fingerprint density at radius 1 is 1.16 bits per heavy atom. The predicted octanol–water partition coefficient (Wildman–Crippen LogP) is 1.61. The van der Waals surface area contributed by atoms with Gasteiger partial charge in [0.05, 0.1) is 6.54 Å². The lowest BCUT2D eigenvalue weighted by Crippen LogP contribution is -2.49. The molecule has 0 bridgehead atoms. The average Bonchev–Trinajstić information content (AvgIpc) is 2.40. The molecule has 1 amide bonds. The first-order chi connectivity index (χ1) is 8.68. The zero-order valence-corrected chi connectivity index (χ0v) is 13.3. The van der Waals surface area contributed by atoms with Gasteiger partial charge in [0.2, 0.25) is 5.91 Å². The Balaban J connectivity index is 2.40. The van der Waals surface area contributed by atoms with E-state index in [2.05, 4.69) is 50.2 Å². The summed E-state index contributed by atoms with van der Waals surface area (Å²) in [5, 5.41) is 6.54. The number of carbonyl (C=O) groups is 1. The van der Waals surface area contributed by atoms with Crippen molar-refractivity contribution in [3.63, 3.8) is 0 Å². The van der Waals surface area contributed by atoms with Crippen LogP contribution in [-0.2, 0) is 4.79 Å². The summed E-state index contributed by atoms with van der Waals surface area (Å²) >= 11 is 0. The molecule has 1 fully saturated rings. The van der Waals surface area contributed by atoms with Gasteiger partial charge in [-0.25, -0.2) is 0 Å². The van der Waals surface area contributed by atoms with Crippen molar-refractivity contribution in [1.29, 1.82) is 0 Å². The fourth-order valence-corrected chi connectivity index (χ4v) is 3.05. The van der Waals surface area contributed by atoms with E-state index in [9.17, 15) is 4.79 Å². The standard InChI is InChI=1S/C15H31N3O/c1-14(2,3)12-15(4,5)17-13(19)11-18-9-6-7-16-8-10-18/h16H,6-12H2,1-5H3,(H,17,19). The third-order valence-electron chi connectivity index (χ3n) is 3.25. The Morgan fingerprint density at radius 3 is 2.47 bits per heavy atom. The maximum Gasteiger partial charge on any atom is 0.234 e. The second-order valence-corrected chi connectivity index (χ2v) is 7.55. The van der Waals surface area contributed by atoms with E-state index >= 15 is 0 Å². The van der Waals surface area contributed by atoms with Crippen molar-refractivity contribution in [3.8, 4) is 0 Å². The highest BCUT2D eigenvalue weighted by Gasteiger charge is 2.27. The van der Waals surface area contributed by atoms with Gasteiger partial charge in [-0.3, -0.25) is 9.69 Å². The molecular formula is C15H31N3O. The van der Waals surface area contributed by atoms with Crippen molar-refractivity contribution in [2.24, 2.45) is 5.41 Å². The van der Waals surface area contributed by atoms with Crippen LogP contribution in [0.4, 0.5) is 0 Å². The molecule has 0 aromatic rings. The van der Waals surface area contributed by atoms with Crippen LogP contribution in [0, 0.1) is 5.41 Å². The quantitative estimate of drug-likeness (QED) is 0.815. The van der Waals surface area contributed by atoms with Crippen LogP contribution in [0.3, 0.4) is 0 Å². The summed E-state index contributed by atoms with van der Waals surface area (Å²) in [6, 6.07) is 0. The molecule has 1 aliphatic rings. The largest absolute Gasteiger partial charge is 0.350 e. The zero-order valence-electron chi connectivity index (χ0n) is 13.3. The van der Waals surface area contributed by atoms with Gasteiger partial charge in [0.25, 0.3) is 0 Å². The molecule has 0 aromatic carbocycles. The topological polar surface area (TPSA) is 44.4 Å². The van der Waals surface area contributed by atoms with Gasteiger partial charge in [0.15, 0.2) is 0 Å². The number of hydrogen-bond donors (Lipinski definition) is 2. The van der Waals surface area contributed by atoms with E-state index in [1.54, 1.807) is 0 Å². The van der Waals surface area contributed by atoms with Crippen LogP contribution >= 0.6 is 0 Å². The van der Waals surface area contributed by atoms with E-state index in [0.717, 1.165) is 39.0 Å². The minimum Gasteiger partial charge on any atom is -0.350 e. The SMILES string of the molecule is CC(C)(C)CC(C)(C)NC(=O)CN1CCCNCC1. The molecule has 1 aliphatic heterocycles. The Morgan fingerprint density at radius 2 is 1.84 bits per heavy atom. The third kappa shape index (κ3) is 7.53. The lowest BCUT2D eigenvalue weighted by atomic mass is 9.82. The zero-order chi connectivity index (χ0) is 14.5. The van der Waals surface area contributed by atoms with Gasteiger partial charge in [0.1, 0.15) is 0 Å². The Kier molecular flexibility index (Phi) is 5.81. The highest BCUT2D eigenvalue weighted by atomic mass is 16.2. The average molecular weight is 269 g/mol. The maximum atomic E-state index is 12.2. The van der Waals surface area contributed by atoms with Crippen LogP contribution in [-0.4, -0.2) is 49.1 Å². The molecule has 1 saturated heterocycles. The van der Waals surface area contributed by atoms with Crippen LogP contribution in [0.2, 0.25) is 0 Å². The van der Waals surface area contributed by atoms with Crippen molar-refractivity contribution < 1.29 is 4.79 Å². The van der Waals surface area contributed by atoms with E-state index < -0.39 is 0 Å². The van der Waals surface area contributed by atoms with Crippen molar-refractivity contribution >= 4 is 5.91 Å². The van der Waals surface area contributed by atoms with E-state index in [-0.39, 0.29) is 16.9 Å². The maximum absolute atomic E-state index is 12.2. The first-order valence-electron chi connectivity index (χ1n) is 7.42. The predicted molar refractivity (Wildman–Crippen MR) is 80.2 cm³/mol. The summed E-state index contributed by atoms with van der Waals surface area (Å²) in [6.07, 6.45) is 2.10. The van der Waals surface area contributed by atoms with Crippen LogP contribution in [0.1, 0.15) is 47.5 Å². The minimum absolute atomic E-state index is 0.139. The summed E-state index contributed by atoms with van der Waals surface area (Å²) in [5.41, 5.74) is 0.0860. The number of amides is 1. The first kappa shape index (κ1) is 16.4. The number of hydrogen-bond acceptors (Lipinski definition) is 3. The lowest BCUT2D eigenvalue weighted by Gasteiger charge is -2.34. The summed E-state index contributed by atoms with van der Waals surface area (Å²) in [7, 11) is 0. The number of nitrogens with one attached hydrogen (secondary N) is 2. The molecule has 1 heterocycles. The Labute approximate surface area is 118 Å². The number of rotatable bonds is 4. The monoisotopic (exact) mass is 269 g/mol. The van der Waals surface area contributed by atoms with Gasteiger partial charge in [-0.15, -0.1) is 0 Å². The molecule has 19 heavy (non-hydrogen) atoms. The molecule has 4 nitrogen and oxygen atoms in total. The fourth-order valence-electron chi connectivity index (χ4n) is 3.05. The van der Waals surface area contributed by atoms with Gasteiger partial charge in [-0.1, -0.05) is 20.8 Å². The van der Waals surface area contributed by atoms with Gasteiger partial charge in [-0.2, -0.15) is 0 Å². The summed E-state index contributed by atoms with van der Waals surface area (Å²) in [6.45, 7) is 15.4. The van der Waals surface area contributed by atoms with Gasteiger partial charge in [-0.05, 0) is 45.2 Å². The van der Waals surface area contributed by atoms with E-state index in [1.165, 1.54) is 0 Å². The second kappa shape index (κ2) is 6.71. The first-order valence-corrected chi connectivity index (χ1v) is 7.42. The van der Waals surface area contributed by atoms with E-state index in [0.29, 0.717) is 6.54 Å². The highest BCUT2D eigenvalue weighted by Crippen LogP contribution is 2.26. The van der Waals surface area contributed by atoms with Crippen molar-refractivity contribution in [2.45, 2.75) is 53.0 Å². The molecule has 4 heteroatoms. The molecule has 112 valence electrons. The van der Waals surface area contributed by atoms with Gasteiger partial charge in [0, 0.05) is 18.6 Å². The molecule has 0 atom stereocenters. The summed E-state index contributed by atoms with van der Waals surface area (Å²) in [4.78, 5) is 14.4. The van der Waals surface area contributed by atoms with Crippen LogP contribution in [0.5, 0.6) is 0 Å². The van der Waals surface area contributed by atoms with Crippen molar-refractivity contribution in [1.82, 2.24) is 15.5 Å². The Bertz CT molecular complexity index is 286. The highest BCUT2D eigenvalue weighted by molar-refractivity contribution is 5.78. The lowest BCUT2D eigenvalue weighted by molar-refractivity contribution is -0.124. The normalized spacial score (nSPS) is 19.0. The molecular weight excluding hydrogens is 238 g/mol. The number of carbonyl (C=O) groups excluding carboxylic acids is 1. The van der Waals surface area contributed by atoms with Crippen LogP contribution in [0.25, 0.3) is 0 Å². The molecule has 0 radical (unpaired) electrons. The van der Waals surface area contributed by atoms with Crippen molar-refractivity contribution in [2.75, 3.05) is 32.7 Å². The van der Waals surface area contributed by atoms with E-state index in [1.807, 2.05) is 0 Å². The molecule has 0 aromatic heterocycles. The van der Waals surface area contributed by atoms with Crippen LogP contribution in [0.15, 0.2) is 0 Å².